The summed E-state index contributed by atoms with van der Waals surface area (Å²) in [5, 5.41) is 16.1. The fraction of sp³-hybridized carbons (Fsp3) is 0.938. The van der Waals surface area contributed by atoms with Crippen LogP contribution >= 0.6 is 24.0 Å². The summed E-state index contributed by atoms with van der Waals surface area (Å²) in [6.45, 7) is 10.7. The maximum absolute atomic E-state index is 9.34. The van der Waals surface area contributed by atoms with Crippen molar-refractivity contribution >= 4 is 29.9 Å². The number of aliphatic hydroxyl groups is 1. The van der Waals surface area contributed by atoms with Gasteiger partial charge in [-0.1, -0.05) is 26.7 Å². The molecule has 1 fully saturated rings. The van der Waals surface area contributed by atoms with Gasteiger partial charge in [-0.2, -0.15) is 0 Å². The summed E-state index contributed by atoms with van der Waals surface area (Å²) >= 11 is 0. The molecule has 5 heteroatoms. The predicted octanol–water partition coefficient (Wildman–Crippen LogP) is 3.15. The van der Waals surface area contributed by atoms with Crippen LogP contribution in [-0.4, -0.2) is 36.8 Å². The van der Waals surface area contributed by atoms with Gasteiger partial charge in [0.05, 0.1) is 13.2 Å². The molecule has 0 amide bonds. The van der Waals surface area contributed by atoms with Crippen molar-refractivity contribution in [2.24, 2.45) is 16.3 Å². The molecule has 4 nitrogen and oxygen atoms in total. The molecule has 1 saturated carbocycles. The minimum atomic E-state index is 0. The Bertz CT molecular complexity index is 304. The Morgan fingerprint density at radius 1 is 1.24 bits per heavy atom. The van der Waals surface area contributed by atoms with Crippen LogP contribution in [0.15, 0.2) is 4.99 Å². The molecule has 0 bridgehead atoms. The molecular weight excluding hydrogens is 377 g/mol. The number of halogens is 1. The molecular formula is C16H34IN3O. The molecule has 0 spiro atoms. The number of aliphatic hydroxyl groups excluding tert-OH is 1. The topological polar surface area (TPSA) is 56.7 Å². The van der Waals surface area contributed by atoms with Crippen LogP contribution in [0.3, 0.4) is 0 Å². The van der Waals surface area contributed by atoms with E-state index < -0.39 is 0 Å². The van der Waals surface area contributed by atoms with Crippen LogP contribution in [0.25, 0.3) is 0 Å². The first-order valence-corrected chi connectivity index (χ1v) is 8.17. The van der Waals surface area contributed by atoms with Crippen molar-refractivity contribution in [2.75, 3.05) is 19.7 Å². The molecule has 1 unspecified atom stereocenters. The molecule has 21 heavy (non-hydrogen) atoms. The lowest BCUT2D eigenvalue weighted by Crippen LogP contribution is -2.42. The lowest BCUT2D eigenvalue weighted by Gasteiger charge is -2.19. The third-order valence-electron chi connectivity index (χ3n) is 4.01. The van der Waals surface area contributed by atoms with Crippen molar-refractivity contribution in [3.63, 3.8) is 0 Å². The molecule has 1 aliphatic carbocycles. The average molecular weight is 411 g/mol. The highest BCUT2D eigenvalue weighted by atomic mass is 127. The Morgan fingerprint density at radius 2 is 1.90 bits per heavy atom. The first kappa shape index (κ1) is 21.0. The van der Waals surface area contributed by atoms with Crippen LogP contribution in [0.5, 0.6) is 0 Å². The molecule has 0 aliphatic heterocycles. The van der Waals surface area contributed by atoms with E-state index in [0.717, 1.165) is 37.8 Å². The third kappa shape index (κ3) is 8.86. The number of aliphatic imine (C=N–C) groups is 1. The maximum atomic E-state index is 9.34. The summed E-state index contributed by atoms with van der Waals surface area (Å²) in [4.78, 5) is 4.64. The first-order valence-electron chi connectivity index (χ1n) is 8.17. The van der Waals surface area contributed by atoms with Gasteiger partial charge in [-0.05, 0) is 39.0 Å². The van der Waals surface area contributed by atoms with E-state index >= 15 is 0 Å². The highest BCUT2D eigenvalue weighted by molar-refractivity contribution is 14.0. The van der Waals surface area contributed by atoms with E-state index in [1.807, 2.05) is 0 Å². The summed E-state index contributed by atoms with van der Waals surface area (Å²) in [6, 6.07) is 0.441. The summed E-state index contributed by atoms with van der Waals surface area (Å²) in [6.07, 6.45) is 5.93. The number of hydrogen-bond acceptors (Lipinski definition) is 2. The molecule has 0 heterocycles. The number of nitrogens with zero attached hydrogens (tertiary/aromatic N) is 1. The van der Waals surface area contributed by atoms with Crippen LogP contribution in [0.1, 0.15) is 59.8 Å². The van der Waals surface area contributed by atoms with E-state index in [1.54, 1.807) is 0 Å². The van der Waals surface area contributed by atoms with Gasteiger partial charge in [0.1, 0.15) is 0 Å². The van der Waals surface area contributed by atoms with Crippen molar-refractivity contribution in [1.82, 2.24) is 10.6 Å². The van der Waals surface area contributed by atoms with Gasteiger partial charge in [-0.25, -0.2) is 0 Å². The highest BCUT2D eigenvalue weighted by Gasteiger charge is 2.41. The third-order valence-corrected chi connectivity index (χ3v) is 4.01. The molecule has 126 valence electrons. The second kappa shape index (κ2) is 10.6. The zero-order valence-electron chi connectivity index (χ0n) is 14.1. The van der Waals surface area contributed by atoms with Crippen LogP contribution < -0.4 is 10.6 Å². The average Bonchev–Trinajstić information content (AvgIpc) is 3.16. The maximum Gasteiger partial charge on any atom is 0.191 e. The SMILES string of the molecule is CCNC(=NCC1(CO)CC1)NC(C)CCCC(C)C.I. The Kier molecular flexibility index (Phi) is 10.6. The monoisotopic (exact) mass is 411 g/mol. The largest absolute Gasteiger partial charge is 0.396 e. The van der Waals surface area contributed by atoms with Crippen molar-refractivity contribution in [3.8, 4) is 0 Å². The predicted molar refractivity (Wildman–Crippen MR) is 101 cm³/mol. The molecule has 1 atom stereocenters. The van der Waals surface area contributed by atoms with Crippen LogP contribution in [0.2, 0.25) is 0 Å². The molecule has 0 aromatic rings. The number of nitrogens with one attached hydrogen (secondary N) is 2. The zero-order chi connectivity index (χ0) is 15.0. The molecule has 0 aromatic carbocycles. The Morgan fingerprint density at radius 3 is 2.38 bits per heavy atom. The van der Waals surface area contributed by atoms with E-state index in [-0.39, 0.29) is 36.0 Å². The summed E-state index contributed by atoms with van der Waals surface area (Å²) < 4.78 is 0. The van der Waals surface area contributed by atoms with Crippen molar-refractivity contribution in [3.05, 3.63) is 0 Å². The van der Waals surface area contributed by atoms with Crippen LogP contribution in [-0.2, 0) is 0 Å². The molecule has 3 N–H and O–H groups in total. The normalized spacial score (nSPS) is 18.1. The Hall–Kier alpha value is -0.0400. The fourth-order valence-electron chi connectivity index (χ4n) is 2.25. The van der Waals surface area contributed by atoms with Gasteiger partial charge in [0, 0.05) is 18.0 Å². The highest BCUT2D eigenvalue weighted by Crippen LogP contribution is 2.45. The van der Waals surface area contributed by atoms with Gasteiger partial charge in [-0.15, -0.1) is 24.0 Å². The van der Waals surface area contributed by atoms with Gasteiger partial charge in [0.15, 0.2) is 5.96 Å². The second-order valence-electron chi connectivity index (χ2n) is 6.72. The number of guanidine groups is 1. The van der Waals surface area contributed by atoms with Crippen molar-refractivity contribution < 1.29 is 5.11 Å². The van der Waals surface area contributed by atoms with E-state index in [1.165, 1.54) is 19.3 Å². The molecule has 0 saturated heterocycles. The summed E-state index contributed by atoms with van der Waals surface area (Å²) in [7, 11) is 0. The van der Waals surface area contributed by atoms with Crippen molar-refractivity contribution in [1.29, 1.82) is 0 Å². The fourth-order valence-corrected chi connectivity index (χ4v) is 2.25. The van der Waals surface area contributed by atoms with E-state index in [0.29, 0.717) is 6.04 Å². The smallest absolute Gasteiger partial charge is 0.191 e. The van der Waals surface area contributed by atoms with Crippen LogP contribution in [0.4, 0.5) is 0 Å². The number of hydrogen-bond donors (Lipinski definition) is 3. The van der Waals surface area contributed by atoms with Crippen LogP contribution in [0, 0.1) is 11.3 Å². The summed E-state index contributed by atoms with van der Waals surface area (Å²) in [5.41, 5.74) is 0.0865. The Labute approximate surface area is 147 Å². The minimum Gasteiger partial charge on any atom is -0.396 e. The van der Waals surface area contributed by atoms with Crippen molar-refractivity contribution in [2.45, 2.75) is 65.8 Å². The van der Waals surface area contributed by atoms with Gasteiger partial charge >= 0.3 is 0 Å². The van der Waals surface area contributed by atoms with Gasteiger partial charge in [0.2, 0.25) is 0 Å². The molecule has 1 rings (SSSR count). The van der Waals surface area contributed by atoms with E-state index in [4.69, 9.17) is 0 Å². The standard InChI is InChI=1S/C16H33N3O.HI/c1-5-17-15(18-11-16(12-20)9-10-16)19-14(4)8-6-7-13(2)3;/h13-14,20H,5-12H2,1-4H3,(H2,17,18,19);1H. The van der Waals surface area contributed by atoms with Gasteiger partial charge in [-0.3, -0.25) is 4.99 Å². The Balaban J connectivity index is 0.00000400. The molecule has 0 aromatic heterocycles. The molecule has 0 radical (unpaired) electrons. The molecule has 1 aliphatic rings. The van der Waals surface area contributed by atoms with Gasteiger partial charge < -0.3 is 15.7 Å². The minimum absolute atomic E-state index is 0. The second-order valence-corrected chi connectivity index (χ2v) is 6.72. The van der Waals surface area contributed by atoms with E-state index in [9.17, 15) is 5.11 Å². The first-order chi connectivity index (χ1) is 9.51. The quantitative estimate of drug-likeness (QED) is 0.310. The van der Waals surface area contributed by atoms with Gasteiger partial charge in [0.25, 0.3) is 0 Å². The lowest BCUT2D eigenvalue weighted by molar-refractivity contribution is 0.216. The number of rotatable bonds is 9. The summed E-state index contributed by atoms with van der Waals surface area (Å²) in [5.74, 6) is 1.67. The zero-order valence-corrected chi connectivity index (χ0v) is 16.4. The van der Waals surface area contributed by atoms with E-state index in [2.05, 4.69) is 43.3 Å². The lowest BCUT2D eigenvalue weighted by atomic mass is 10.0.